The molecule has 0 radical (unpaired) electrons. The average molecular weight is 322 g/mol. The van der Waals surface area contributed by atoms with Crippen molar-refractivity contribution in [3.05, 3.63) is 59.7 Å². The number of hydrogen-bond donors (Lipinski definition) is 0. The number of likely N-dealkylation sites (N-methyl/N-ethyl adjacent to an activating group) is 1. The molecule has 0 unspecified atom stereocenters. The molecule has 2 aromatic heterocycles. The second-order valence-electron chi connectivity index (χ2n) is 6.14. The van der Waals surface area contributed by atoms with Gasteiger partial charge < -0.3 is 9.47 Å². The second-order valence-corrected chi connectivity index (χ2v) is 6.14. The van der Waals surface area contributed by atoms with Crippen molar-refractivity contribution in [3.63, 3.8) is 0 Å². The van der Waals surface area contributed by atoms with Gasteiger partial charge in [-0.2, -0.15) is 0 Å². The van der Waals surface area contributed by atoms with Gasteiger partial charge in [-0.3, -0.25) is 9.78 Å². The van der Waals surface area contributed by atoms with Crippen molar-refractivity contribution >= 4 is 16.9 Å². The first-order valence-electron chi connectivity index (χ1n) is 8.09. The Bertz CT molecular complexity index is 854. The predicted octanol–water partition coefficient (Wildman–Crippen LogP) is 2.52. The minimum Gasteiger partial charge on any atom is -0.345 e. The first kappa shape index (κ1) is 16.2. The van der Waals surface area contributed by atoms with Gasteiger partial charge >= 0.3 is 0 Å². The molecule has 3 aromatic rings. The van der Waals surface area contributed by atoms with Crippen LogP contribution in [0.4, 0.5) is 0 Å². The topological polar surface area (TPSA) is 51.0 Å². The quantitative estimate of drug-likeness (QED) is 0.725. The average Bonchev–Trinajstić information content (AvgIpc) is 2.87. The lowest BCUT2D eigenvalue weighted by Crippen LogP contribution is -2.30. The Balaban J connectivity index is 1.63. The highest BCUT2D eigenvalue weighted by Crippen LogP contribution is 2.17. The summed E-state index contributed by atoms with van der Waals surface area (Å²) in [6.07, 6.45) is 4.80. The van der Waals surface area contributed by atoms with Crippen LogP contribution in [0.25, 0.3) is 11.0 Å². The molecule has 124 valence electrons. The number of rotatable bonds is 5. The van der Waals surface area contributed by atoms with Crippen molar-refractivity contribution < 1.29 is 4.79 Å². The number of aryl methyl sites for hydroxylation is 2. The molecule has 0 saturated carbocycles. The third kappa shape index (κ3) is 3.45. The molecule has 0 saturated heterocycles. The molecular weight excluding hydrogens is 300 g/mol. The zero-order valence-corrected chi connectivity index (χ0v) is 14.4. The summed E-state index contributed by atoms with van der Waals surface area (Å²) in [5, 5.41) is 0. The summed E-state index contributed by atoms with van der Waals surface area (Å²) in [5.41, 5.74) is 4.23. The minimum absolute atomic E-state index is 0.121. The molecule has 0 bridgehead atoms. The molecule has 5 nitrogen and oxygen atoms in total. The largest absolute Gasteiger partial charge is 0.345 e. The van der Waals surface area contributed by atoms with Crippen LogP contribution < -0.4 is 0 Å². The lowest BCUT2D eigenvalue weighted by atomic mass is 10.1. The molecule has 3 rings (SSSR count). The third-order valence-electron chi connectivity index (χ3n) is 4.44. The van der Waals surface area contributed by atoms with Gasteiger partial charge in [-0.25, -0.2) is 4.98 Å². The van der Waals surface area contributed by atoms with E-state index in [1.54, 1.807) is 17.3 Å². The van der Waals surface area contributed by atoms with Gasteiger partial charge in [0.25, 0.3) is 0 Å². The van der Waals surface area contributed by atoms with Crippen molar-refractivity contribution in [3.8, 4) is 0 Å². The van der Waals surface area contributed by atoms with Crippen molar-refractivity contribution in [2.24, 2.45) is 7.05 Å². The summed E-state index contributed by atoms with van der Waals surface area (Å²) in [6, 6.07) is 10.0. The Morgan fingerprint density at radius 1 is 1.17 bits per heavy atom. The number of imidazole rings is 1. The highest BCUT2D eigenvalue weighted by molar-refractivity contribution is 5.82. The van der Waals surface area contributed by atoms with Crippen molar-refractivity contribution in [2.45, 2.75) is 19.8 Å². The second kappa shape index (κ2) is 6.83. The van der Waals surface area contributed by atoms with E-state index in [0.29, 0.717) is 13.0 Å². The molecule has 0 aliphatic heterocycles. The van der Waals surface area contributed by atoms with Crippen molar-refractivity contribution in [1.82, 2.24) is 19.4 Å². The Labute approximate surface area is 142 Å². The normalized spacial score (nSPS) is 11.0. The molecular formula is C19H22N4O. The SMILES string of the molecule is Cc1nc2cc(CC(=O)N(C)CCc3ccncc3)ccc2n1C. The van der Waals surface area contributed by atoms with Gasteiger partial charge in [0.05, 0.1) is 17.5 Å². The molecule has 0 atom stereocenters. The summed E-state index contributed by atoms with van der Waals surface area (Å²) in [5.74, 6) is 1.10. The number of carbonyl (C=O) groups is 1. The molecule has 0 aliphatic rings. The fourth-order valence-corrected chi connectivity index (χ4v) is 2.76. The predicted molar refractivity (Wildman–Crippen MR) is 94.7 cm³/mol. The van der Waals surface area contributed by atoms with E-state index in [1.807, 2.05) is 51.4 Å². The van der Waals surface area contributed by atoms with E-state index in [4.69, 9.17) is 0 Å². The lowest BCUT2D eigenvalue weighted by molar-refractivity contribution is -0.129. The minimum atomic E-state index is 0.121. The molecule has 0 N–H and O–H groups in total. The Morgan fingerprint density at radius 3 is 2.67 bits per heavy atom. The number of aromatic nitrogens is 3. The van der Waals surface area contributed by atoms with E-state index in [-0.39, 0.29) is 5.91 Å². The number of carbonyl (C=O) groups excluding carboxylic acids is 1. The maximum absolute atomic E-state index is 12.4. The number of hydrogen-bond acceptors (Lipinski definition) is 3. The van der Waals surface area contributed by atoms with Gasteiger partial charge in [0.1, 0.15) is 5.82 Å². The number of fused-ring (bicyclic) bond motifs is 1. The van der Waals surface area contributed by atoms with Gasteiger partial charge in [0.2, 0.25) is 5.91 Å². The van der Waals surface area contributed by atoms with Crippen molar-refractivity contribution in [2.75, 3.05) is 13.6 Å². The summed E-state index contributed by atoms with van der Waals surface area (Å²) < 4.78 is 2.06. The van der Waals surface area contributed by atoms with Crippen LogP contribution in [0.3, 0.4) is 0 Å². The smallest absolute Gasteiger partial charge is 0.226 e. The fraction of sp³-hybridized carbons (Fsp3) is 0.316. The molecule has 0 fully saturated rings. The van der Waals surface area contributed by atoms with E-state index in [9.17, 15) is 4.79 Å². The van der Waals surface area contributed by atoms with Gasteiger partial charge in [-0.1, -0.05) is 6.07 Å². The number of amides is 1. The number of pyridine rings is 1. The van der Waals surface area contributed by atoms with E-state index in [2.05, 4.69) is 14.5 Å². The fourth-order valence-electron chi connectivity index (χ4n) is 2.76. The summed E-state index contributed by atoms with van der Waals surface area (Å²) in [4.78, 5) is 22.8. The van der Waals surface area contributed by atoms with E-state index < -0.39 is 0 Å². The summed E-state index contributed by atoms with van der Waals surface area (Å²) in [7, 11) is 3.86. The first-order valence-corrected chi connectivity index (χ1v) is 8.09. The zero-order chi connectivity index (χ0) is 17.1. The zero-order valence-electron chi connectivity index (χ0n) is 14.4. The van der Waals surface area contributed by atoms with Crippen LogP contribution in [-0.2, 0) is 24.7 Å². The standard InChI is InChI=1S/C19H22N4O/c1-14-21-17-12-16(4-5-18(17)23(14)3)13-19(24)22(2)11-8-15-6-9-20-10-7-15/h4-7,9-10,12H,8,11,13H2,1-3H3. The Hall–Kier alpha value is -2.69. The van der Waals surface area contributed by atoms with Gasteiger partial charge in [0, 0.05) is 33.0 Å². The third-order valence-corrected chi connectivity index (χ3v) is 4.44. The molecule has 0 spiro atoms. The van der Waals surface area contributed by atoms with Crippen LogP contribution in [0, 0.1) is 6.92 Å². The van der Waals surface area contributed by atoms with Crippen LogP contribution >= 0.6 is 0 Å². The summed E-state index contributed by atoms with van der Waals surface area (Å²) >= 11 is 0. The van der Waals surface area contributed by atoms with Crippen LogP contribution in [0.1, 0.15) is 17.0 Å². The highest BCUT2D eigenvalue weighted by Gasteiger charge is 2.11. The molecule has 5 heteroatoms. The van der Waals surface area contributed by atoms with Gasteiger partial charge in [-0.15, -0.1) is 0 Å². The lowest BCUT2D eigenvalue weighted by Gasteiger charge is -2.17. The Morgan fingerprint density at radius 2 is 1.92 bits per heavy atom. The highest BCUT2D eigenvalue weighted by atomic mass is 16.2. The van der Waals surface area contributed by atoms with E-state index in [0.717, 1.165) is 28.8 Å². The van der Waals surface area contributed by atoms with E-state index >= 15 is 0 Å². The Kier molecular flexibility index (Phi) is 4.60. The number of benzene rings is 1. The first-order chi connectivity index (χ1) is 11.5. The molecule has 1 amide bonds. The van der Waals surface area contributed by atoms with Gasteiger partial charge in [0.15, 0.2) is 0 Å². The maximum Gasteiger partial charge on any atom is 0.226 e. The van der Waals surface area contributed by atoms with Crippen molar-refractivity contribution in [1.29, 1.82) is 0 Å². The molecule has 2 heterocycles. The van der Waals surface area contributed by atoms with Crippen LogP contribution in [0.15, 0.2) is 42.7 Å². The van der Waals surface area contributed by atoms with Gasteiger partial charge in [-0.05, 0) is 48.7 Å². The molecule has 24 heavy (non-hydrogen) atoms. The monoisotopic (exact) mass is 322 g/mol. The van der Waals surface area contributed by atoms with E-state index in [1.165, 1.54) is 5.56 Å². The summed E-state index contributed by atoms with van der Waals surface area (Å²) in [6.45, 7) is 2.69. The van der Waals surface area contributed by atoms with Crippen LogP contribution in [-0.4, -0.2) is 38.9 Å². The van der Waals surface area contributed by atoms with Crippen LogP contribution in [0.2, 0.25) is 0 Å². The maximum atomic E-state index is 12.4. The number of nitrogens with zero attached hydrogens (tertiary/aromatic N) is 4. The molecule has 1 aromatic carbocycles. The molecule has 0 aliphatic carbocycles. The van der Waals surface area contributed by atoms with Crippen LogP contribution in [0.5, 0.6) is 0 Å².